The number of hydrogen-bond acceptors (Lipinski definition) is 4. The zero-order chi connectivity index (χ0) is 12.3. The van der Waals surface area contributed by atoms with Crippen LogP contribution in [0.1, 0.15) is 5.89 Å². The van der Waals surface area contributed by atoms with Crippen LogP contribution in [0.4, 0.5) is 11.7 Å². The first-order chi connectivity index (χ1) is 8.17. The van der Waals surface area contributed by atoms with Gasteiger partial charge in [0.05, 0.1) is 0 Å². The fourth-order valence-corrected chi connectivity index (χ4v) is 1.92. The van der Waals surface area contributed by atoms with Crippen LogP contribution in [0.5, 0.6) is 0 Å². The smallest absolute Gasteiger partial charge is 0.320 e. The lowest BCUT2D eigenvalue weighted by Gasteiger charge is -2.02. The highest BCUT2D eigenvalue weighted by molar-refractivity contribution is 6.35. The monoisotopic (exact) mass is 291 g/mol. The normalized spacial score (nSPS) is 10.5. The van der Waals surface area contributed by atoms with Gasteiger partial charge in [-0.25, -0.2) is 0 Å². The van der Waals surface area contributed by atoms with Crippen LogP contribution in [0.3, 0.4) is 0 Å². The number of anilines is 2. The van der Waals surface area contributed by atoms with E-state index < -0.39 is 0 Å². The summed E-state index contributed by atoms with van der Waals surface area (Å²) in [4.78, 5) is 0. The van der Waals surface area contributed by atoms with Crippen LogP contribution >= 0.6 is 34.8 Å². The first-order valence-electron chi connectivity index (χ1n) is 4.79. The highest BCUT2D eigenvalue weighted by atomic mass is 35.5. The molecule has 17 heavy (non-hydrogen) atoms. The molecule has 0 fully saturated rings. The fraction of sp³-hybridized carbons (Fsp3) is 0.200. The molecule has 0 amide bonds. The van der Waals surface area contributed by atoms with Crippen molar-refractivity contribution in [3.63, 3.8) is 0 Å². The van der Waals surface area contributed by atoms with Gasteiger partial charge in [-0.2, -0.15) is 0 Å². The lowest BCUT2D eigenvalue weighted by molar-refractivity contribution is 0.516. The summed E-state index contributed by atoms with van der Waals surface area (Å²) in [7, 11) is 0. The molecule has 0 radical (unpaired) electrons. The number of aryl methyl sites for hydroxylation is 1. The molecule has 1 aromatic carbocycles. The number of nitrogens with zero attached hydrogens (tertiary/aromatic N) is 2. The molecular weight excluding hydrogens is 284 g/mol. The Morgan fingerprint density at radius 3 is 2.47 bits per heavy atom. The number of benzene rings is 1. The zero-order valence-corrected chi connectivity index (χ0v) is 10.9. The maximum Gasteiger partial charge on any atom is 0.320 e. The molecule has 0 saturated carbocycles. The summed E-state index contributed by atoms with van der Waals surface area (Å²) in [6.07, 6.45) is 0.534. The van der Waals surface area contributed by atoms with Gasteiger partial charge in [0.25, 0.3) is 0 Å². The summed E-state index contributed by atoms with van der Waals surface area (Å²) in [5, 5.41) is 11.6. The summed E-state index contributed by atoms with van der Waals surface area (Å²) in [5.74, 6) is 0.917. The van der Waals surface area contributed by atoms with Gasteiger partial charge in [0.15, 0.2) is 0 Å². The SMILES string of the molecule is ClCCc1nnc(Nc2cc(Cl)cc(Cl)c2)o1. The van der Waals surface area contributed by atoms with Crippen LogP contribution in [-0.4, -0.2) is 16.1 Å². The molecule has 0 aliphatic carbocycles. The van der Waals surface area contributed by atoms with E-state index in [0.717, 1.165) is 0 Å². The summed E-state index contributed by atoms with van der Waals surface area (Å²) in [6.45, 7) is 0. The number of alkyl halides is 1. The molecule has 1 heterocycles. The van der Waals surface area contributed by atoms with Gasteiger partial charge in [0.1, 0.15) is 0 Å². The van der Waals surface area contributed by atoms with Crippen molar-refractivity contribution in [2.75, 3.05) is 11.2 Å². The first-order valence-corrected chi connectivity index (χ1v) is 6.08. The predicted octanol–water partition coefficient (Wildman–Crippen LogP) is 3.90. The summed E-state index contributed by atoms with van der Waals surface area (Å²) in [6, 6.07) is 5.34. The second-order valence-electron chi connectivity index (χ2n) is 3.22. The third kappa shape index (κ3) is 3.49. The van der Waals surface area contributed by atoms with Crippen LogP contribution in [0.15, 0.2) is 22.6 Å². The van der Waals surface area contributed by atoms with E-state index in [-0.39, 0.29) is 6.01 Å². The standard InChI is InChI=1S/C10H8Cl3N3O/c11-2-1-9-15-16-10(17-9)14-8-4-6(12)3-7(13)5-8/h3-5H,1-2H2,(H,14,16). The second kappa shape index (κ2) is 5.58. The van der Waals surface area contributed by atoms with Crippen LogP contribution in [0.25, 0.3) is 0 Å². The molecule has 7 heteroatoms. The van der Waals surface area contributed by atoms with Gasteiger partial charge in [-0.1, -0.05) is 28.3 Å². The fourth-order valence-electron chi connectivity index (χ4n) is 1.24. The maximum atomic E-state index is 5.86. The molecule has 0 atom stereocenters. The van der Waals surface area contributed by atoms with Crippen molar-refractivity contribution in [2.45, 2.75) is 6.42 Å². The van der Waals surface area contributed by atoms with Crippen molar-refractivity contribution in [1.82, 2.24) is 10.2 Å². The molecule has 1 aromatic heterocycles. The van der Waals surface area contributed by atoms with Gasteiger partial charge in [-0.15, -0.1) is 16.7 Å². The van der Waals surface area contributed by atoms with Crippen molar-refractivity contribution in [3.05, 3.63) is 34.1 Å². The summed E-state index contributed by atoms with van der Waals surface area (Å²) >= 11 is 17.3. The molecule has 0 spiro atoms. The van der Waals surface area contributed by atoms with Crippen molar-refractivity contribution in [3.8, 4) is 0 Å². The van der Waals surface area contributed by atoms with E-state index >= 15 is 0 Å². The topological polar surface area (TPSA) is 51.0 Å². The van der Waals surface area contributed by atoms with Gasteiger partial charge in [-0.05, 0) is 18.2 Å². The molecule has 1 N–H and O–H groups in total. The van der Waals surface area contributed by atoms with E-state index in [2.05, 4.69) is 15.5 Å². The average Bonchev–Trinajstić information content (AvgIpc) is 2.64. The van der Waals surface area contributed by atoms with E-state index in [1.165, 1.54) is 0 Å². The number of hydrogen-bond donors (Lipinski definition) is 1. The molecule has 0 aliphatic heterocycles. The van der Waals surface area contributed by atoms with E-state index in [4.69, 9.17) is 39.2 Å². The van der Waals surface area contributed by atoms with Crippen LogP contribution in [-0.2, 0) is 6.42 Å². The molecule has 2 rings (SSSR count). The molecule has 2 aromatic rings. The van der Waals surface area contributed by atoms with Crippen LogP contribution in [0, 0.1) is 0 Å². The Morgan fingerprint density at radius 1 is 1.12 bits per heavy atom. The van der Waals surface area contributed by atoms with Crippen molar-refractivity contribution in [1.29, 1.82) is 0 Å². The molecule has 0 aliphatic rings. The molecule has 0 unspecified atom stereocenters. The second-order valence-corrected chi connectivity index (χ2v) is 4.47. The Morgan fingerprint density at radius 2 is 1.82 bits per heavy atom. The highest BCUT2D eigenvalue weighted by Crippen LogP contribution is 2.24. The highest BCUT2D eigenvalue weighted by Gasteiger charge is 2.06. The minimum absolute atomic E-state index is 0.281. The Labute approximate surface area is 113 Å². The first kappa shape index (κ1) is 12.5. The summed E-state index contributed by atoms with van der Waals surface area (Å²) < 4.78 is 5.30. The van der Waals surface area contributed by atoms with Crippen LogP contribution in [0.2, 0.25) is 10.0 Å². The van der Waals surface area contributed by atoms with E-state index in [1.807, 2.05) is 0 Å². The number of rotatable bonds is 4. The van der Waals surface area contributed by atoms with Crippen molar-refractivity contribution in [2.24, 2.45) is 0 Å². The minimum atomic E-state index is 0.281. The Hall–Kier alpha value is -0.970. The van der Waals surface area contributed by atoms with Gasteiger partial charge in [-0.3, -0.25) is 0 Å². The lowest BCUT2D eigenvalue weighted by Crippen LogP contribution is -1.90. The molecule has 0 saturated heterocycles. The number of halogens is 3. The number of aromatic nitrogens is 2. The summed E-state index contributed by atoms with van der Waals surface area (Å²) in [5.41, 5.74) is 0.684. The molecule has 90 valence electrons. The van der Waals surface area contributed by atoms with E-state index in [0.29, 0.717) is 33.9 Å². The zero-order valence-electron chi connectivity index (χ0n) is 8.58. The maximum absolute atomic E-state index is 5.86. The quantitative estimate of drug-likeness (QED) is 0.868. The third-order valence-electron chi connectivity index (χ3n) is 1.89. The average molecular weight is 293 g/mol. The van der Waals surface area contributed by atoms with E-state index in [9.17, 15) is 0 Å². The van der Waals surface area contributed by atoms with Gasteiger partial charge >= 0.3 is 6.01 Å². The van der Waals surface area contributed by atoms with Crippen LogP contribution < -0.4 is 5.32 Å². The molecule has 4 nitrogen and oxygen atoms in total. The minimum Gasteiger partial charge on any atom is -0.408 e. The number of nitrogens with one attached hydrogen (secondary N) is 1. The molecule has 0 bridgehead atoms. The largest absolute Gasteiger partial charge is 0.408 e. The van der Waals surface area contributed by atoms with Gasteiger partial charge in [0.2, 0.25) is 5.89 Å². The van der Waals surface area contributed by atoms with Gasteiger partial charge in [0, 0.05) is 28.0 Å². The predicted molar refractivity (Wildman–Crippen MR) is 68.5 cm³/mol. The van der Waals surface area contributed by atoms with Crippen molar-refractivity contribution < 1.29 is 4.42 Å². The Balaban J connectivity index is 2.13. The van der Waals surface area contributed by atoms with Gasteiger partial charge < -0.3 is 9.73 Å². The van der Waals surface area contributed by atoms with Crippen molar-refractivity contribution >= 4 is 46.5 Å². The third-order valence-corrected chi connectivity index (χ3v) is 2.51. The Bertz CT molecular complexity index is 495. The van der Waals surface area contributed by atoms with E-state index in [1.54, 1.807) is 18.2 Å². The Kier molecular flexibility index (Phi) is 4.10. The molecular formula is C10H8Cl3N3O. The lowest BCUT2D eigenvalue weighted by atomic mass is 10.3.